The van der Waals surface area contributed by atoms with E-state index in [1.807, 2.05) is 43.0 Å². The molecule has 3 aromatic rings. The molecule has 3 heterocycles. The van der Waals surface area contributed by atoms with Gasteiger partial charge in [0, 0.05) is 24.7 Å². The monoisotopic (exact) mass is 469 g/mol. The molecule has 32 heavy (non-hydrogen) atoms. The predicted molar refractivity (Wildman–Crippen MR) is 124 cm³/mol. The predicted octanol–water partition coefficient (Wildman–Crippen LogP) is 3.85. The molecule has 1 aromatic carbocycles. The van der Waals surface area contributed by atoms with Crippen LogP contribution in [0.15, 0.2) is 30.3 Å². The summed E-state index contributed by atoms with van der Waals surface area (Å²) in [7, 11) is 1.75. The summed E-state index contributed by atoms with van der Waals surface area (Å²) in [6, 6.07) is 9.47. The van der Waals surface area contributed by atoms with Gasteiger partial charge in [-0.05, 0) is 56.4 Å². The molecule has 2 amide bonds. The van der Waals surface area contributed by atoms with Gasteiger partial charge in [0.1, 0.15) is 11.4 Å². The quantitative estimate of drug-likeness (QED) is 0.615. The lowest BCUT2D eigenvalue weighted by Crippen LogP contribution is -2.45. The first kappa shape index (κ1) is 21.2. The maximum Gasteiger partial charge on any atom is 0.274 e. The minimum atomic E-state index is -0.176. The highest BCUT2D eigenvalue weighted by atomic mass is 35.5. The lowest BCUT2D eigenvalue weighted by molar-refractivity contribution is 0.0684. The molecule has 166 valence electrons. The van der Waals surface area contributed by atoms with Gasteiger partial charge in [0.15, 0.2) is 0 Å². The molecule has 7 nitrogen and oxygen atoms in total. The number of fused-ring (bicyclic) bond motifs is 1. The number of likely N-dealkylation sites (tertiary alicyclic amines) is 1. The van der Waals surface area contributed by atoms with Crippen molar-refractivity contribution in [1.82, 2.24) is 25.0 Å². The van der Waals surface area contributed by atoms with Crippen molar-refractivity contribution in [2.75, 3.05) is 6.54 Å². The minimum Gasteiger partial charge on any atom is -0.349 e. The van der Waals surface area contributed by atoms with Crippen LogP contribution < -0.4 is 5.32 Å². The van der Waals surface area contributed by atoms with Crippen LogP contribution in [-0.2, 0) is 7.05 Å². The van der Waals surface area contributed by atoms with Gasteiger partial charge in [-0.2, -0.15) is 5.10 Å². The van der Waals surface area contributed by atoms with E-state index in [0.29, 0.717) is 28.9 Å². The Morgan fingerprint density at radius 3 is 2.78 bits per heavy atom. The zero-order chi connectivity index (χ0) is 22.6. The van der Waals surface area contributed by atoms with Gasteiger partial charge < -0.3 is 10.2 Å². The zero-order valence-electron chi connectivity index (χ0n) is 18.1. The molecule has 1 N–H and O–H groups in total. The van der Waals surface area contributed by atoms with Crippen molar-refractivity contribution in [1.29, 1.82) is 0 Å². The maximum atomic E-state index is 13.7. The van der Waals surface area contributed by atoms with E-state index in [1.54, 1.807) is 17.8 Å². The Morgan fingerprint density at radius 1 is 1.25 bits per heavy atom. The fraction of sp³-hybridized carbons (Fsp3) is 0.391. The third-order valence-electron chi connectivity index (χ3n) is 6.20. The summed E-state index contributed by atoms with van der Waals surface area (Å²) < 4.78 is 1.58. The normalized spacial score (nSPS) is 21.5. The average molecular weight is 470 g/mol. The van der Waals surface area contributed by atoms with Gasteiger partial charge in [-0.25, -0.2) is 4.98 Å². The molecular weight excluding hydrogens is 446 g/mol. The lowest BCUT2D eigenvalue weighted by atomic mass is 10.1. The van der Waals surface area contributed by atoms with Gasteiger partial charge in [0.2, 0.25) is 0 Å². The molecule has 3 atom stereocenters. The fourth-order valence-electron chi connectivity index (χ4n) is 4.70. The largest absolute Gasteiger partial charge is 0.349 e. The Kier molecular flexibility index (Phi) is 5.29. The van der Waals surface area contributed by atoms with E-state index in [2.05, 4.69) is 15.4 Å². The van der Waals surface area contributed by atoms with E-state index < -0.39 is 0 Å². The number of carbonyl (C=O) groups is 2. The van der Waals surface area contributed by atoms with Crippen LogP contribution >= 0.6 is 22.9 Å². The van der Waals surface area contributed by atoms with E-state index in [-0.39, 0.29) is 23.9 Å². The van der Waals surface area contributed by atoms with Gasteiger partial charge in [-0.1, -0.05) is 23.7 Å². The van der Waals surface area contributed by atoms with E-state index >= 15 is 0 Å². The number of nitrogens with zero attached hydrogens (tertiary/aromatic N) is 4. The second-order valence-electron chi connectivity index (χ2n) is 8.59. The summed E-state index contributed by atoms with van der Waals surface area (Å²) >= 11 is 7.69. The van der Waals surface area contributed by atoms with Crippen molar-refractivity contribution < 1.29 is 9.59 Å². The van der Waals surface area contributed by atoms with Crippen molar-refractivity contribution in [3.63, 3.8) is 0 Å². The number of benzene rings is 1. The molecule has 1 aliphatic carbocycles. The van der Waals surface area contributed by atoms with Gasteiger partial charge in [-0.3, -0.25) is 14.3 Å². The van der Waals surface area contributed by atoms with Crippen molar-refractivity contribution >= 4 is 34.8 Å². The Morgan fingerprint density at radius 2 is 2.06 bits per heavy atom. The molecule has 1 aliphatic heterocycles. The van der Waals surface area contributed by atoms with Crippen LogP contribution in [0.3, 0.4) is 0 Å². The van der Waals surface area contributed by atoms with Crippen LogP contribution in [-0.4, -0.2) is 50.1 Å². The molecule has 2 aromatic heterocycles. The number of carbonyl (C=O) groups excluding carboxylic acids is 2. The second kappa shape index (κ2) is 8.01. The van der Waals surface area contributed by atoms with Crippen LogP contribution in [0, 0.1) is 19.8 Å². The molecular formula is C23H24ClN5O2S. The molecule has 0 spiro atoms. The van der Waals surface area contributed by atoms with Crippen LogP contribution in [0.5, 0.6) is 0 Å². The van der Waals surface area contributed by atoms with Crippen molar-refractivity contribution in [2.45, 2.75) is 38.8 Å². The summed E-state index contributed by atoms with van der Waals surface area (Å²) in [4.78, 5) is 33.7. The molecule has 1 saturated carbocycles. The summed E-state index contributed by atoms with van der Waals surface area (Å²) in [6.45, 7) is 4.18. The Balaban J connectivity index is 1.36. The van der Waals surface area contributed by atoms with E-state index in [4.69, 9.17) is 11.6 Å². The molecule has 2 fully saturated rings. The summed E-state index contributed by atoms with van der Waals surface area (Å²) in [5.41, 5.74) is 2.68. The van der Waals surface area contributed by atoms with E-state index in [0.717, 1.165) is 34.0 Å². The number of amides is 2. The molecule has 0 radical (unpaired) electrons. The van der Waals surface area contributed by atoms with Gasteiger partial charge in [0.25, 0.3) is 11.8 Å². The Hall–Kier alpha value is -2.71. The number of aromatic nitrogens is 3. The number of aryl methyl sites for hydroxylation is 3. The first-order chi connectivity index (χ1) is 15.3. The SMILES string of the molecule is Cc1cc(C(=O)NC[C@@H]2C[C@@H]3C[C@@H]3N2C(=O)c2nc(C)sc2-c2cccc(Cl)c2)n(C)n1. The topological polar surface area (TPSA) is 80.1 Å². The maximum absolute atomic E-state index is 13.7. The summed E-state index contributed by atoms with van der Waals surface area (Å²) in [6.07, 6.45) is 1.92. The molecule has 1 saturated heterocycles. The molecule has 0 unspecified atom stereocenters. The number of hydrogen-bond donors (Lipinski definition) is 1. The first-order valence-electron chi connectivity index (χ1n) is 10.7. The van der Waals surface area contributed by atoms with Crippen molar-refractivity contribution in [2.24, 2.45) is 13.0 Å². The third kappa shape index (κ3) is 3.82. The summed E-state index contributed by atoms with van der Waals surface area (Å²) in [5, 5.41) is 8.70. The molecule has 9 heteroatoms. The third-order valence-corrected chi connectivity index (χ3v) is 7.46. The minimum absolute atomic E-state index is 0.0428. The van der Waals surface area contributed by atoms with Gasteiger partial charge >= 0.3 is 0 Å². The standard InChI is InChI=1S/C23H24ClN5O2S/c1-12-7-19(28(3)27-12)22(30)25-11-17-9-15-10-18(15)29(17)23(31)20-21(32-13(2)26-20)14-5-4-6-16(24)8-14/h4-8,15,17-18H,9-11H2,1-3H3,(H,25,30)/t15-,17+,18+/m1/s1. The van der Waals surface area contributed by atoms with E-state index in [9.17, 15) is 9.59 Å². The number of rotatable bonds is 5. The van der Waals surface area contributed by atoms with Crippen LogP contribution in [0.4, 0.5) is 0 Å². The van der Waals surface area contributed by atoms with Gasteiger partial charge in [0.05, 0.1) is 21.6 Å². The van der Waals surface area contributed by atoms with Crippen molar-refractivity contribution in [3.05, 3.63) is 57.4 Å². The highest BCUT2D eigenvalue weighted by Crippen LogP contribution is 2.48. The number of hydrogen-bond acceptors (Lipinski definition) is 5. The number of thiazole rings is 1. The fourth-order valence-corrected chi connectivity index (χ4v) is 5.80. The van der Waals surface area contributed by atoms with Crippen LogP contribution in [0.25, 0.3) is 10.4 Å². The number of halogens is 1. The van der Waals surface area contributed by atoms with Crippen molar-refractivity contribution in [3.8, 4) is 10.4 Å². The zero-order valence-corrected chi connectivity index (χ0v) is 19.7. The Labute approximate surface area is 195 Å². The lowest BCUT2D eigenvalue weighted by Gasteiger charge is -2.27. The number of nitrogens with one attached hydrogen (secondary N) is 1. The van der Waals surface area contributed by atoms with Crippen LogP contribution in [0.2, 0.25) is 5.02 Å². The summed E-state index contributed by atoms with van der Waals surface area (Å²) in [5.74, 6) is 0.268. The highest BCUT2D eigenvalue weighted by molar-refractivity contribution is 7.15. The molecule has 2 aliphatic rings. The van der Waals surface area contributed by atoms with E-state index in [1.165, 1.54) is 11.3 Å². The smallest absolute Gasteiger partial charge is 0.274 e. The van der Waals surface area contributed by atoms with Gasteiger partial charge in [-0.15, -0.1) is 11.3 Å². The second-order valence-corrected chi connectivity index (χ2v) is 10.2. The molecule has 0 bridgehead atoms. The first-order valence-corrected chi connectivity index (χ1v) is 11.9. The Bertz CT molecular complexity index is 1220. The highest BCUT2D eigenvalue weighted by Gasteiger charge is 2.54. The number of piperidine rings is 1. The van der Waals surface area contributed by atoms with Crippen LogP contribution in [0.1, 0.15) is 44.5 Å². The molecule has 5 rings (SSSR count). The average Bonchev–Trinajstić information content (AvgIpc) is 3.06.